The molecule has 0 aliphatic rings. The van der Waals surface area contributed by atoms with Crippen LogP contribution in [0.5, 0.6) is 0 Å². The maximum Gasteiger partial charge on any atom is 0.150 e. The molecule has 104 valence electrons. The Hall–Kier alpha value is -0.130. The van der Waals surface area contributed by atoms with Crippen molar-refractivity contribution in [3.8, 4) is 0 Å². The smallest absolute Gasteiger partial charge is 0.150 e. The Labute approximate surface area is 106 Å². The van der Waals surface area contributed by atoms with E-state index in [0.717, 1.165) is 19.5 Å². The molecule has 5 heteroatoms. The Bertz CT molecular complexity index is 275. The van der Waals surface area contributed by atoms with Crippen LogP contribution in [0.25, 0.3) is 0 Å². The Morgan fingerprint density at radius 3 is 2.41 bits per heavy atom. The van der Waals surface area contributed by atoms with Gasteiger partial charge in [0.05, 0.1) is 12.4 Å². The van der Waals surface area contributed by atoms with E-state index in [4.69, 9.17) is 4.74 Å². The minimum atomic E-state index is -2.84. The van der Waals surface area contributed by atoms with Crippen molar-refractivity contribution in [2.24, 2.45) is 11.8 Å². The number of hydrogen-bond donors (Lipinski definition) is 1. The fraction of sp³-hybridized carbons (Fsp3) is 1.00. The summed E-state index contributed by atoms with van der Waals surface area (Å²) in [5, 5.41) is 3.30. The number of sulfone groups is 1. The van der Waals surface area contributed by atoms with Gasteiger partial charge >= 0.3 is 0 Å². The molecule has 0 fully saturated rings. The molecule has 1 unspecified atom stereocenters. The molecule has 0 aliphatic carbocycles. The van der Waals surface area contributed by atoms with E-state index in [1.54, 1.807) is 14.0 Å². The summed E-state index contributed by atoms with van der Waals surface area (Å²) in [5.74, 6) is 1.46. The van der Waals surface area contributed by atoms with E-state index in [1.807, 2.05) is 0 Å². The molecule has 0 bridgehead atoms. The summed E-state index contributed by atoms with van der Waals surface area (Å²) in [5.41, 5.74) is 0. The third kappa shape index (κ3) is 8.57. The summed E-state index contributed by atoms with van der Waals surface area (Å²) in [6.07, 6.45) is 0.744. The average Bonchev–Trinajstić information content (AvgIpc) is 2.27. The van der Waals surface area contributed by atoms with E-state index < -0.39 is 9.84 Å². The van der Waals surface area contributed by atoms with E-state index in [9.17, 15) is 8.42 Å². The second-order valence-corrected chi connectivity index (χ2v) is 7.20. The third-order valence-electron chi connectivity index (χ3n) is 3.07. The van der Waals surface area contributed by atoms with Gasteiger partial charge in [-0.25, -0.2) is 8.42 Å². The SMILES string of the molecule is CCS(=O)(=O)CCC(CNCCOC)C(C)C. The van der Waals surface area contributed by atoms with Crippen LogP contribution in [0.3, 0.4) is 0 Å². The maximum atomic E-state index is 11.5. The molecule has 0 amide bonds. The Balaban J connectivity index is 3.99. The van der Waals surface area contributed by atoms with Crippen molar-refractivity contribution in [1.29, 1.82) is 0 Å². The van der Waals surface area contributed by atoms with Crippen LogP contribution >= 0.6 is 0 Å². The van der Waals surface area contributed by atoms with Crippen molar-refractivity contribution in [3.63, 3.8) is 0 Å². The second kappa shape index (κ2) is 8.89. The summed E-state index contributed by atoms with van der Waals surface area (Å²) in [4.78, 5) is 0. The van der Waals surface area contributed by atoms with Gasteiger partial charge in [0.15, 0.2) is 0 Å². The van der Waals surface area contributed by atoms with E-state index in [1.165, 1.54) is 0 Å². The van der Waals surface area contributed by atoms with Crippen molar-refractivity contribution in [3.05, 3.63) is 0 Å². The van der Waals surface area contributed by atoms with Crippen LogP contribution < -0.4 is 5.32 Å². The van der Waals surface area contributed by atoms with Gasteiger partial charge in [-0.05, 0) is 24.8 Å². The zero-order valence-corrected chi connectivity index (χ0v) is 12.3. The highest BCUT2D eigenvalue weighted by molar-refractivity contribution is 7.91. The predicted octanol–water partition coefficient (Wildman–Crippen LogP) is 1.32. The van der Waals surface area contributed by atoms with Gasteiger partial charge in [0.1, 0.15) is 9.84 Å². The van der Waals surface area contributed by atoms with Gasteiger partial charge in [-0.15, -0.1) is 0 Å². The van der Waals surface area contributed by atoms with Gasteiger partial charge in [0.25, 0.3) is 0 Å². The third-order valence-corrected chi connectivity index (χ3v) is 4.81. The molecule has 1 N–H and O–H groups in total. The lowest BCUT2D eigenvalue weighted by Crippen LogP contribution is -2.30. The molecule has 0 aromatic carbocycles. The van der Waals surface area contributed by atoms with Gasteiger partial charge in [0, 0.05) is 19.4 Å². The summed E-state index contributed by atoms with van der Waals surface area (Å²) in [6.45, 7) is 8.36. The molecule has 4 nitrogen and oxygen atoms in total. The van der Waals surface area contributed by atoms with Crippen LogP contribution in [0.1, 0.15) is 27.2 Å². The molecular formula is C12H27NO3S. The largest absolute Gasteiger partial charge is 0.383 e. The monoisotopic (exact) mass is 265 g/mol. The first-order valence-corrected chi connectivity index (χ1v) is 8.15. The molecule has 17 heavy (non-hydrogen) atoms. The molecule has 0 saturated heterocycles. The molecule has 0 rings (SSSR count). The minimum absolute atomic E-state index is 0.245. The van der Waals surface area contributed by atoms with Gasteiger partial charge < -0.3 is 10.1 Å². The summed E-state index contributed by atoms with van der Waals surface area (Å²) in [6, 6.07) is 0. The molecule has 0 radical (unpaired) electrons. The van der Waals surface area contributed by atoms with E-state index >= 15 is 0 Å². The molecular weight excluding hydrogens is 238 g/mol. The van der Waals surface area contributed by atoms with Crippen molar-refractivity contribution in [1.82, 2.24) is 5.32 Å². The second-order valence-electron chi connectivity index (χ2n) is 4.73. The van der Waals surface area contributed by atoms with E-state index in [-0.39, 0.29) is 5.75 Å². The van der Waals surface area contributed by atoms with Crippen LogP contribution in [0.4, 0.5) is 0 Å². The Morgan fingerprint density at radius 1 is 1.29 bits per heavy atom. The maximum absolute atomic E-state index is 11.5. The lowest BCUT2D eigenvalue weighted by atomic mass is 9.93. The summed E-state index contributed by atoms with van der Waals surface area (Å²) >= 11 is 0. The highest BCUT2D eigenvalue weighted by Gasteiger charge is 2.16. The molecule has 0 heterocycles. The molecule has 0 aliphatic heterocycles. The standard InChI is InChI=1S/C12H27NO3S/c1-5-17(14,15)9-6-12(11(2)3)10-13-7-8-16-4/h11-13H,5-10H2,1-4H3. The van der Waals surface area contributed by atoms with Crippen molar-refractivity contribution >= 4 is 9.84 Å². The fourth-order valence-electron chi connectivity index (χ4n) is 1.61. The molecule has 0 aromatic rings. The zero-order valence-electron chi connectivity index (χ0n) is 11.5. The summed E-state index contributed by atoms with van der Waals surface area (Å²) < 4.78 is 27.9. The predicted molar refractivity (Wildman–Crippen MR) is 72.0 cm³/mol. The highest BCUT2D eigenvalue weighted by Crippen LogP contribution is 2.15. The Morgan fingerprint density at radius 2 is 1.94 bits per heavy atom. The molecule has 1 atom stereocenters. The topological polar surface area (TPSA) is 55.4 Å². The highest BCUT2D eigenvalue weighted by atomic mass is 32.2. The van der Waals surface area contributed by atoms with Crippen molar-refractivity contribution in [2.75, 3.05) is 38.3 Å². The van der Waals surface area contributed by atoms with Gasteiger partial charge in [-0.1, -0.05) is 20.8 Å². The number of nitrogens with one attached hydrogen (secondary N) is 1. The van der Waals surface area contributed by atoms with Gasteiger partial charge in [-0.3, -0.25) is 0 Å². The van der Waals surface area contributed by atoms with Crippen LogP contribution in [-0.2, 0) is 14.6 Å². The number of ether oxygens (including phenoxy) is 1. The average molecular weight is 265 g/mol. The minimum Gasteiger partial charge on any atom is -0.383 e. The van der Waals surface area contributed by atoms with Crippen LogP contribution in [-0.4, -0.2) is 46.7 Å². The number of methoxy groups -OCH3 is 1. The number of rotatable bonds is 10. The van der Waals surface area contributed by atoms with E-state index in [2.05, 4.69) is 19.2 Å². The van der Waals surface area contributed by atoms with Gasteiger partial charge in [-0.2, -0.15) is 0 Å². The first-order valence-electron chi connectivity index (χ1n) is 6.33. The van der Waals surface area contributed by atoms with E-state index in [0.29, 0.717) is 24.2 Å². The first-order chi connectivity index (χ1) is 7.93. The Kier molecular flexibility index (Phi) is 8.82. The lowest BCUT2D eigenvalue weighted by Gasteiger charge is -2.21. The quantitative estimate of drug-likeness (QED) is 0.605. The zero-order chi connectivity index (χ0) is 13.3. The van der Waals surface area contributed by atoms with Crippen LogP contribution in [0, 0.1) is 11.8 Å². The number of hydrogen-bond acceptors (Lipinski definition) is 4. The molecule has 0 spiro atoms. The normalized spacial score (nSPS) is 14.2. The lowest BCUT2D eigenvalue weighted by molar-refractivity contribution is 0.196. The van der Waals surface area contributed by atoms with Crippen LogP contribution in [0.15, 0.2) is 0 Å². The molecule has 0 saturated carbocycles. The molecule has 0 aromatic heterocycles. The van der Waals surface area contributed by atoms with Gasteiger partial charge in [0.2, 0.25) is 0 Å². The fourth-order valence-corrected chi connectivity index (χ4v) is 2.56. The summed E-state index contributed by atoms with van der Waals surface area (Å²) in [7, 11) is -1.16. The first kappa shape index (κ1) is 16.9. The van der Waals surface area contributed by atoms with Crippen LogP contribution in [0.2, 0.25) is 0 Å². The van der Waals surface area contributed by atoms with Crippen molar-refractivity contribution in [2.45, 2.75) is 27.2 Å². The van der Waals surface area contributed by atoms with Crippen molar-refractivity contribution < 1.29 is 13.2 Å².